The van der Waals surface area contributed by atoms with Crippen LogP contribution in [0.1, 0.15) is 50.5 Å². The Morgan fingerprint density at radius 1 is 1.22 bits per heavy atom. The van der Waals surface area contributed by atoms with Crippen LogP contribution < -0.4 is 10.1 Å². The molecule has 0 aromatic heterocycles. The van der Waals surface area contributed by atoms with Gasteiger partial charge in [-0.3, -0.25) is 4.79 Å². The molecular formula is C22H34N2O3. The van der Waals surface area contributed by atoms with Gasteiger partial charge in [0, 0.05) is 32.1 Å². The quantitative estimate of drug-likeness (QED) is 0.734. The lowest BCUT2D eigenvalue weighted by atomic mass is 10.0. The van der Waals surface area contributed by atoms with Gasteiger partial charge >= 0.3 is 0 Å². The van der Waals surface area contributed by atoms with Gasteiger partial charge in [0.15, 0.2) is 0 Å². The van der Waals surface area contributed by atoms with Crippen LogP contribution in [-0.4, -0.2) is 54.3 Å². The molecule has 2 fully saturated rings. The lowest BCUT2D eigenvalue weighted by Crippen LogP contribution is -2.47. The zero-order chi connectivity index (χ0) is 19.1. The molecule has 2 N–H and O–H groups in total. The average Bonchev–Trinajstić information content (AvgIpc) is 3.15. The molecule has 1 heterocycles. The average molecular weight is 375 g/mol. The number of β-amino-alcohol motifs (C(OH)–C–C–N with tert-alkyl or cyclic N) is 1. The van der Waals surface area contributed by atoms with Crippen LogP contribution in [0.15, 0.2) is 24.3 Å². The minimum Gasteiger partial charge on any atom is -0.491 e. The number of para-hydroxylation sites is 1. The first kappa shape index (κ1) is 20.2. The summed E-state index contributed by atoms with van der Waals surface area (Å²) in [6.07, 6.45) is 7.12. The number of carbonyl (C=O) groups is 1. The molecule has 0 bridgehead atoms. The maximum absolute atomic E-state index is 12.2. The Bertz CT molecular complexity index is 593. The fourth-order valence-electron chi connectivity index (χ4n) is 4.28. The summed E-state index contributed by atoms with van der Waals surface area (Å²) < 4.78 is 5.74. The lowest BCUT2D eigenvalue weighted by Gasteiger charge is -2.33. The van der Waals surface area contributed by atoms with Crippen LogP contribution in [0.5, 0.6) is 5.75 Å². The summed E-state index contributed by atoms with van der Waals surface area (Å²) in [5.41, 5.74) is 1.08. The number of aryl methyl sites for hydroxylation is 1. The van der Waals surface area contributed by atoms with Crippen molar-refractivity contribution in [3.63, 3.8) is 0 Å². The van der Waals surface area contributed by atoms with Gasteiger partial charge in [0.2, 0.25) is 5.91 Å². The first-order valence-corrected chi connectivity index (χ1v) is 10.5. The van der Waals surface area contributed by atoms with Crippen LogP contribution in [0.4, 0.5) is 0 Å². The van der Waals surface area contributed by atoms with E-state index in [1.165, 1.54) is 25.7 Å². The highest BCUT2D eigenvalue weighted by Gasteiger charge is 2.24. The number of hydrogen-bond donors (Lipinski definition) is 2. The lowest BCUT2D eigenvalue weighted by molar-refractivity contribution is -0.123. The summed E-state index contributed by atoms with van der Waals surface area (Å²) in [4.78, 5) is 14.5. The molecule has 2 aliphatic rings. The number of nitrogens with zero attached hydrogens (tertiary/aromatic N) is 1. The molecule has 1 unspecified atom stereocenters. The van der Waals surface area contributed by atoms with Gasteiger partial charge in [0.1, 0.15) is 18.5 Å². The molecular weight excluding hydrogens is 340 g/mol. The smallest absolute Gasteiger partial charge is 0.220 e. The number of amides is 1. The fraction of sp³-hybridized carbons (Fsp3) is 0.682. The fourth-order valence-corrected chi connectivity index (χ4v) is 4.28. The summed E-state index contributed by atoms with van der Waals surface area (Å²) in [5.74, 6) is 1.67. The molecule has 150 valence electrons. The van der Waals surface area contributed by atoms with E-state index in [-0.39, 0.29) is 11.9 Å². The van der Waals surface area contributed by atoms with Gasteiger partial charge in [-0.05, 0) is 50.2 Å². The first-order chi connectivity index (χ1) is 13.1. The number of likely N-dealkylation sites (tertiary alicyclic amines) is 1. The largest absolute Gasteiger partial charge is 0.491 e. The molecule has 0 spiro atoms. The zero-order valence-corrected chi connectivity index (χ0v) is 16.5. The number of ether oxygens (including phenoxy) is 1. The Balaban J connectivity index is 1.31. The number of nitrogens with one attached hydrogen (secondary N) is 1. The molecule has 1 aliphatic heterocycles. The van der Waals surface area contributed by atoms with Crippen molar-refractivity contribution in [2.24, 2.45) is 5.92 Å². The number of benzene rings is 1. The second-order valence-corrected chi connectivity index (χ2v) is 8.23. The summed E-state index contributed by atoms with van der Waals surface area (Å²) >= 11 is 0. The number of piperidine rings is 1. The van der Waals surface area contributed by atoms with Crippen molar-refractivity contribution in [2.45, 2.75) is 64.0 Å². The van der Waals surface area contributed by atoms with Gasteiger partial charge in [0.05, 0.1) is 0 Å². The van der Waals surface area contributed by atoms with Crippen molar-refractivity contribution in [1.82, 2.24) is 10.2 Å². The summed E-state index contributed by atoms with van der Waals surface area (Å²) in [7, 11) is 0. The predicted molar refractivity (Wildman–Crippen MR) is 107 cm³/mol. The third-order valence-corrected chi connectivity index (χ3v) is 5.90. The van der Waals surface area contributed by atoms with Crippen molar-refractivity contribution >= 4 is 5.91 Å². The monoisotopic (exact) mass is 374 g/mol. The van der Waals surface area contributed by atoms with Gasteiger partial charge in [-0.25, -0.2) is 0 Å². The van der Waals surface area contributed by atoms with Crippen molar-refractivity contribution in [2.75, 3.05) is 26.2 Å². The summed E-state index contributed by atoms with van der Waals surface area (Å²) in [6, 6.07) is 8.15. The van der Waals surface area contributed by atoms with Gasteiger partial charge in [-0.2, -0.15) is 0 Å². The van der Waals surface area contributed by atoms with Crippen LogP contribution in [-0.2, 0) is 4.79 Å². The number of hydrogen-bond acceptors (Lipinski definition) is 4. The molecule has 5 nitrogen and oxygen atoms in total. The van der Waals surface area contributed by atoms with E-state index < -0.39 is 6.10 Å². The topological polar surface area (TPSA) is 61.8 Å². The van der Waals surface area contributed by atoms with E-state index in [2.05, 4.69) is 10.2 Å². The number of carbonyl (C=O) groups excluding carboxylic acids is 1. The highest BCUT2D eigenvalue weighted by Crippen LogP contribution is 2.27. The molecule has 1 saturated carbocycles. The normalized spacial score (nSPS) is 20.5. The van der Waals surface area contributed by atoms with Crippen LogP contribution in [0, 0.1) is 12.8 Å². The Morgan fingerprint density at radius 3 is 2.63 bits per heavy atom. The van der Waals surface area contributed by atoms with Gasteiger partial charge in [0.25, 0.3) is 0 Å². The Labute approximate surface area is 163 Å². The second-order valence-electron chi connectivity index (χ2n) is 8.23. The zero-order valence-electron chi connectivity index (χ0n) is 16.5. The molecule has 27 heavy (non-hydrogen) atoms. The van der Waals surface area contributed by atoms with E-state index in [1.807, 2.05) is 31.2 Å². The van der Waals surface area contributed by atoms with E-state index in [4.69, 9.17) is 4.74 Å². The minimum absolute atomic E-state index is 0.229. The third kappa shape index (κ3) is 6.51. The molecule has 1 amide bonds. The van der Waals surface area contributed by atoms with Crippen molar-refractivity contribution in [3.8, 4) is 5.75 Å². The maximum atomic E-state index is 12.2. The Kier molecular flexibility index (Phi) is 7.53. The molecule has 1 aromatic rings. The van der Waals surface area contributed by atoms with Crippen LogP contribution in [0.3, 0.4) is 0 Å². The van der Waals surface area contributed by atoms with E-state index in [9.17, 15) is 9.90 Å². The Hall–Kier alpha value is -1.59. The number of aliphatic hydroxyl groups excluding tert-OH is 1. The first-order valence-electron chi connectivity index (χ1n) is 10.5. The maximum Gasteiger partial charge on any atom is 0.220 e. The highest BCUT2D eigenvalue weighted by atomic mass is 16.5. The summed E-state index contributed by atoms with van der Waals surface area (Å²) in [6.45, 7) is 4.76. The SMILES string of the molecule is Cc1ccccc1OCC(O)CN1CCC(NC(=O)CC2CCCC2)CC1. The van der Waals surface area contributed by atoms with Crippen molar-refractivity contribution in [1.29, 1.82) is 0 Å². The van der Waals surface area contributed by atoms with Crippen LogP contribution in [0.25, 0.3) is 0 Å². The van der Waals surface area contributed by atoms with E-state index in [0.717, 1.165) is 37.2 Å². The van der Waals surface area contributed by atoms with Gasteiger partial charge < -0.3 is 20.1 Å². The van der Waals surface area contributed by atoms with E-state index in [0.29, 0.717) is 25.5 Å². The van der Waals surface area contributed by atoms with Gasteiger partial charge in [-0.15, -0.1) is 0 Å². The number of rotatable bonds is 8. The van der Waals surface area contributed by atoms with Crippen molar-refractivity contribution in [3.05, 3.63) is 29.8 Å². The predicted octanol–water partition coefficient (Wildman–Crippen LogP) is 2.90. The highest BCUT2D eigenvalue weighted by molar-refractivity contribution is 5.76. The molecule has 1 aromatic carbocycles. The van der Waals surface area contributed by atoms with Crippen molar-refractivity contribution < 1.29 is 14.6 Å². The molecule has 5 heteroatoms. The van der Waals surface area contributed by atoms with E-state index in [1.54, 1.807) is 0 Å². The second kappa shape index (κ2) is 10.1. The molecule has 1 saturated heterocycles. The minimum atomic E-state index is -0.502. The van der Waals surface area contributed by atoms with Gasteiger partial charge in [-0.1, -0.05) is 31.0 Å². The molecule has 1 aliphatic carbocycles. The molecule has 3 rings (SSSR count). The Morgan fingerprint density at radius 2 is 1.93 bits per heavy atom. The molecule has 0 radical (unpaired) electrons. The van der Waals surface area contributed by atoms with E-state index >= 15 is 0 Å². The molecule has 1 atom stereocenters. The standard InChI is InChI=1S/C22H34N2O3/c1-17-6-2-5-9-21(17)27-16-20(25)15-24-12-10-19(11-13-24)23-22(26)14-18-7-3-4-8-18/h2,5-6,9,18-20,25H,3-4,7-8,10-16H2,1H3,(H,23,26). The van der Waals surface area contributed by atoms with Crippen LogP contribution in [0.2, 0.25) is 0 Å². The number of aliphatic hydroxyl groups is 1. The third-order valence-electron chi connectivity index (χ3n) is 5.90. The summed E-state index contributed by atoms with van der Waals surface area (Å²) in [5, 5.41) is 13.5. The van der Waals surface area contributed by atoms with Crippen LogP contribution >= 0.6 is 0 Å².